The summed E-state index contributed by atoms with van der Waals surface area (Å²) in [6.45, 7) is 1.76. The van der Waals surface area contributed by atoms with Gasteiger partial charge in [0.25, 0.3) is 0 Å². The largest absolute Gasteiger partial charge is 0.484 e. The molecular weight excluding hydrogens is 287 g/mol. The summed E-state index contributed by atoms with van der Waals surface area (Å²) in [6, 6.07) is 3.11. The minimum Gasteiger partial charge on any atom is -0.484 e. The van der Waals surface area contributed by atoms with Gasteiger partial charge in [-0.25, -0.2) is 17.9 Å². The second-order valence-electron chi connectivity index (χ2n) is 4.15. The molecular formula is C11H13FN4O3S. The third-order valence-electron chi connectivity index (χ3n) is 2.75. The zero-order valence-electron chi connectivity index (χ0n) is 10.9. The third-order valence-corrected chi connectivity index (χ3v) is 3.68. The number of nitrogens with two attached hydrogens (primary N) is 1. The van der Waals surface area contributed by atoms with Gasteiger partial charge in [0.2, 0.25) is 10.0 Å². The van der Waals surface area contributed by atoms with Gasteiger partial charge in [0.15, 0.2) is 5.82 Å². The predicted molar refractivity (Wildman–Crippen MR) is 67.8 cm³/mol. The summed E-state index contributed by atoms with van der Waals surface area (Å²) in [7, 11) is -2.32. The van der Waals surface area contributed by atoms with E-state index in [1.807, 2.05) is 0 Å². The molecule has 108 valence electrons. The molecule has 0 unspecified atom stereocenters. The van der Waals surface area contributed by atoms with E-state index in [1.54, 1.807) is 18.5 Å². The van der Waals surface area contributed by atoms with Crippen LogP contribution >= 0.6 is 0 Å². The van der Waals surface area contributed by atoms with E-state index in [1.165, 1.54) is 6.07 Å². The first-order valence-electron chi connectivity index (χ1n) is 5.59. The fraction of sp³-hybridized carbons (Fsp3) is 0.273. The van der Waals surface area contributed by atoms with E-state index in [0.717, 1.165) is 12.1 Å². The summed E-state index contributed by atoms with van der Waals surface area (Å²) >= 11 is 0. The molecule has 7 nitrogen and oxygen atoms in total. The highest BCUT2D eigenvalue weighted by atomic mass is 32.2. The number of hydrogen-bond acceptors (Lipinski definition) is 5. The first-order chi connectivity index (χ1) is 9.29. The first kappa shape index (κ1) is 14.4. The molecule has 0 saturated carbocycles. The van der Waals surface area contributed by atoms with Crippen molar-refractivity contribution in [2.24, 2.45) is 12.2 Å². The maximum absolute atomic E-state index is 13.1. The van der Waals surface area contributed by atoms with E-state index in [4.69, 9.17) is 9.88 Å². The molecule has 1 aromatic carbocycles. The summed E-state index contributed by atoms with van der Waals surface area (Å²) in [6.07, 6.45) is 0. The number of rotatable bonds is 4. The molecule has 0 aliphatic carbocycles. The zero-order valence-corrected chi connectivity index (χ0v) is 11.7. The summed E-state index contributed by atoms with van der Waals surface area (Å²) in [4.78, 5) is -0.406. The number of nitrogens with zero attached hydrogens (tertiary/aromatic N) is 3. The number of primary sulfonamides is 1. The summed E-state index contributed by atoms with van der Waals surface area (Å²) in [5.41, 5.74) is 0. The first-order valence-corrected chi connectivity index (χ1v) is 7.13. The predicted octanol–water partition coefficient (Wildman–Crippen LogP) is 0.489. The van der Waals surface area contributed by atoms with E-state index < -0.39 is 20.7 Å². The van der Waals surface area contributed by atoms with Gasteiger partial charge in [0.05, 0.1) is 0 Å². The lowest BCUT2D eigenvalue weighted by Crippen LogP contribution is -2.15. The van der Waals surface area contributed by atoms with Crippen molar-refractivity contribution in [2.75, 3.05) is 0 Å². The maximum atomic E-state index is 13.1. The molecule has 0 fully saturated rings. The Bertz CT molecular complexity index is 742. The molecule has 2 rings (SSSR count). The zero-order chi connectivity index (χ0) is 14.9. The fourth-order valence-electron chi connectivity index (χ4n) is 1.54. The second kappa shape index (κ2) is 5.17. The van der Waals surface area contributed by atoms with Gasteiger partial charge in [-0.3, -0.25) is 0 Å². The molecule has 2 N–H and O–H groups in total. The molecule has 2 aromatic rings. The Morgan fingerprint density at radius 1 is 1.40 bits per heavy atom. The Kier molecular flexibility index (Phi) is 3.73. The van der Waals surface area contributed by atoms with Gasteiger partial charge in [-0.1, -0.05) is 0 Å². The van der Waals surface area contributed by atoms with Crippen molar-refractivity contribution >= 4 is 10.0 Å². The Balaban J connectivity index is 2.28. The highest BCUT2D eigenvalue weighted by Crippen LogP contribution is 2.24. The summed E-state index contributed by atoms with van der Waals surface area (Å²) in [5, 5.41) is 12.7. The van der Waals surface area contributed by atoms with E-state index in [9.17, 15) is 12.8 Å². The molecule has 0 saturated heterocycles. The van der Waals surface area contributed by atoms with Gasteiger partial charge < -0.3 is 9.30 Å². The van der Waals surface area contributed by atoms with Gasteiger partial charge in [-0.05, 0) is 25.1 Å². The lowest BCUT2D eigenvalue weighted by Gasteiger charge is -2.10. The van der Waals surface area contributed by atoms with Crippen LogP contribution in [0.4, 0.5) is 4.39 Å². The van der Waals surface area contributed by atoms with Gasteiger partial charge in [-0.2, -0.15) is 0 Å². The highest BCUT2D eigenvalue weighted by Gasteiger charge is 2.17. The average Bonchev–Trinajstić information content (AvgIpc) is 2.67. The number of ether oxygens (including phenoxy) is 1. The average molecular weight is 300 g/mol. The minimum atomic E-state index is -4.07. The number of halogens is 1. The van der Waals surface area contributed by atoms with Crippen LogP contribution in [0.2, 0.25) is 0 Å². The van der Waals surface area contributed by atoms with Crippen molar-refractivity contribution in [1.29, 1.82) is 0 Å². The monoisotopic (exact) mass is 300 g/mol. The van der Waals surface area contributed by atoms with Crippen molar-refractivity contribution in [3.63, 3.8) is 0 Å². The van der Waals surface area contributed by atoms with Crippen LogP contribution in [0.25, 0.3) is 0 Å². The Labute approximate surface area is 115 Å². The standard InChI is InChI=1S/C11H13FN4O3S/c1-7-14-15-11(16(7)2)6-19-9-4-3-8(12)5-10(9)20(13,17)18/h3-5H,6H2,1-2H3,(H2,13,17,18). The van der Waals surface area contributed by atoms with E-state index in [-0.39, 0.29) is 12.4 Å². The highest BCUT2D eigenvalue weighted by molar-refractivity contribution is 7.89. The fourth-order valence-corrected chi connectivity index (χ4v) is 2.23. The molecule has 0 bridgehead atoms. The Morgan fingerprint density at radius 2 is 2.10 bits per heavy atom. The molecule has 1 heterocycles. The number of aryl methyl sites for hydroxylation is 1. The van der Waals surface area contributed by atoms with E-state index in [2.05, 4.69) is 10.2 Å². The number of aromatic nitrogens is 3. The Hall–Kier alpha value is -2.00. The van der Waals surface area contributed by atoms with Crippen molar-refractivity contribution in [2.45, 2.75) is 18.4 Å². The number of benzene rings is 1. The van der Waals surface area contributed by atoms with Gasteiger partial charge in [0, 0.05) is 7.05 Å². The summed E-state index contributed by atoms with van der Waals surface area (Å²) in [5.74, 6) is 0.451. The summed E-state index contributed by atoms with van der Waals surface area (Å²) < 4.78 is 42.9. The van der Waals surface area contributed by atoms with Crippen LogP contribution in [-0.2, 0) is 23.7 Å². The van der Waals surface area contributed by atoms with Crippen LogP contribution in [-0.4, -0.2) is 23.2 Å². The van der Waals surface area contributed by atoms with E-state index in [0.29, 0.717) is 11.6 Å². The van der Waals surface area contributed by atoms with Crippen LogP contribution in [0.1, 0.15) is 11.6 Å². The molecule has 20 heavy (non-hydrogen) atoms. The van der Waals surface area contributed by atoms with Crippen molar-refractivity contribution in [1.82, 2.24) is 14.8 Å². The molecule has 1 aromatic heterocycles. The lowest BCUT2D eigenvalue weighted by molar-refractivity contribution is 0.283. The molecule has 0 radical (unpaired) electrons. The molecule has 0 aliphatic heterocycles. The molecule has 0 atom stereocenters. The van der Waals surface area contributed by atoms with E-state index >= 15 is 0 Å². The minimum absolute atomic E-state index is 0.00844. The molecule has 0 spiro atoms. The SMILES string of the molecule is Cc1nnc(COc2ccc(F)cc2S(N)(=O)=O)n1C. The maximum Gasteiger partial charge on any atom is 0.241 e. The van der Waals surface area contributed by atoms with Gasteiger partial charge in [0.1, 0.15) is 28.9 Å². The van der Waals surface area contributed by atoms with Crippen LogP contribution in [0.3, 0.4) is 0 Å². The third kappa shape index (κ3) is 2.94. The molecule has 9 heteroatoms. The van der Waals surface area contributed by atoms with Crippen LogP contribution < -0.4 is 9.88 Å². The van der Waals surface area contributed by atoms with Crippen molar-refractivity contribution in [3.05, 3.63) is 35.7 Å². The van der Waals surface area contributed by atoms with Crippen molar-refractivity contribution in [3.8, 4) is 5.75 Å². The Morgan fingerprint density at radius 3 is 2.65 bits per heavy atom. The molecule has 0 aliphatic rings. The van der Waals surface area contributed by atoms with Gasteiger partial charge >= 0.3 is 0 Å². The second-order valence-corrected chi connectivity index (χ2v) is 5.68. The van der Waals surface area contributed by atoms with Crippen LogP contribution in [0, 0.1) is 12.7 Å². The molecule has 0 amide bonds. The normalized spacial score (nSPS) is 11.6. The lowest BCUT2D eigenvalue weighted by atomic mass is 10.3. The number of hydrogen-bond donors (Lipinski definition) is 1. The topological polar surface area (TPSA) is 100 Å². The smallest absolute Gasteiger partial charge is 0.241 e. The van der Waals surface area contributed by atoms with Crippen LogP contribution in [0.5, 0.6) is 5.75 Å². The quantitative estimate of drug-likeness (QED) is 0.885. The van der Waals surface area contributed by atoms with Gasteiger partial charge in [-0.15, -0.1) is 10.2 Å². The van der Waals surface area contributed by atoms with Crippen LogP contribution in [0.15, 0.2) is 23.1 Å². The number of sulfonamides is 1. The van der Waals surface area contributed by atoms with Crippen molar-refractivity contribution < 1.29 is 17.5 Å².